The lowest BCUT2D eigenvalue weighted by atomic mass is 10.0. The fraction of sp³-hybridized carbons (Fsp3) is 0.333. The number of anilines is 1. The van der Waals surface area contributed by atoms with E-state index in [1.165, 1.54) is 12.3 Å². The molecule has 0 radical (unpaired) electrons. The van der Waals surface area contributed by atoms with Crippen LogP contribution in [0.15, 0.2) is 30.7 Å². The van der Waals surface area contributed by atoms with Crippen molar-refractivity contribution in [3.05, 3.63) is 42.1 Å². The van der Waals surface area contributed by atoms with Gasteiger partial charge in [-0.1, -0.05) is 0 Å². The van der Waals surface area contributed by atoms with Gasteiger partial charge in [0, 0.05) is 25.2 Å². The van der Waals surface area contributed by atoms with E-state index in [4.69, 9.17) is 0 Å². The first-order valence-electron chi connectivity index (χ1n) is 8.64. The number of pyridine rings is 1. The van der Waals surface area contributed by atoms with Crippen LogP contribution in [0.4, 0.5) is 23.5 Å². The van der Waals surface area contributed by atoms with Crippen molar-refractivity contribution in [1.82, 2.24) is 19.4 Å². The Kier molecular flexibility index (Phi) is 4.48. The SMILES string of the molecule is O=CC1CCCN(c2ncc(F)c(-c3cnc4ccc(C(F)(F)F)cn34)n2)C1. The number of fused-ring (bicyclic) bond motifs is 1. The van der Waals surface area contributed by atoms with Crippen molar-refractivity contribution in [3.63, 3.8) is 0 Å². The molecule has 1 aliphatic rings. The molecule has 1 atom stereocenters. The van der Waals surface area contributed by atoms with Crippen LogP contribution in [0.25, 0.3) is 17.0 Å². The number of aromatic nitrogens is 4. The highest BCUT2D eigenvalue weighted by molar-refractivity contribution is 5.62. The van der Waals surface area contributed by atoms with Crippen LogP contribution in [0.2, 0.25) is 0 Å². The number of carbonyl (C=O) groups excluding carboxylic acids is 1. The van der Waals surface area contributed by atoms with E-state index in [1.54, 1.807) is 4.90 Å². The van der Waals surface area contributed by atoms with Gasteiger partial charge in [0.25, 0.3) is 0 Å². The number of aldehydes is 1. The van der Waals surface area contributed by atoms with E-state index in [1.807, 2.05) is 0 Å². The molecule has 3 aromatic rings. The third kappa shape index (κ3) is 3.30. The van der Waals surface area contributed by atoms with Crippen molar-refractivity contribution in [1.29, 1.82) is 0 Å². The van der Waals surface area contributed by atoms with E-state index in [9.17, 15) is 22.4 Å². The minimum Gasteiger partial charge on any atom is -0.340 e. The second-order valence-electron chi connectivity index (χ2n) is 6.64. The van der Waals surface area contributed by atoms with Gasteiger partial charge in [-0.2, -0.15) is 13.2 Å². The zero-order chi connectivity index (χ0) is 19.9. The fourth-order valence-electron chi connectivity index (χ4n) is 3.32. The lowest BCUT2D eigenvalue weighted by Gasteiger charge is -2.30. The number of halogens is 4. The fourth-order valence-corrected chi connectivity index (χ4v) is 3.32. The largest absolute Gasteiger partial charge is 0.417 e. The van der Waals surface area contributed by atoms with E-state index in [-0.39, 0.29) is 28.9 Å². The summed E-state index contributed by atoms with van der Waals surface area (Å²) >= 11 is 0. The highest BCUT2D eigenvalue weighted by Gasteiger charge is 2.31. The van der Waals surface area contributed by atoms with Gasteiger partial charge in [0.2, 0.25) is 5.95 Å². The average molecular weight is 393 g/mol. The van der Waals surface area contributed by atoms with Crippen LogP contribution in [-0.2, 0) is 11.0 Å². The predicted molar refractivity (Wildman–Crippen MR) is 92.2 cm³/mol. The van der Waals surface area contributed by atoms with Crippen LogP contribution in [0.3, 0.4) is 0 Å². The highest BCUT2D eigenvalue weighted by atomic mass is 19.4. The first-order chi connectivity index (χ1) is 13.4. The van der Waals surface area contributed by atoms with E-state index in [0.717, 1.165) is 42.0 Å². The van der Waals surface area contributed by atoms with Crippen LogP contribution in [0.1, 0.15) is 18.4 Å². The Morgan fingerprint density at radius 3 is 2.75 bits per heavy atom. The molecule has 1 unspecified atom stereocenters. The van der Waals surface area contributed by atoms with Gasteiger partial charge >= 0.3 is 6.18 Å². The van der Waals surface area contributed by atoms with Crippen LogP contribution >= 0.6 is 0 Å². The molecule has 0 saturated carbocycles. The van der Waals surface area contributed by atoms with E-state index in [2.05, 4.69) is 15.0 Å². The standard InChI is InChI=1S/C18H15F4N5O/c19-13-6-24-17(26-5-1-2-11(8-26)10-28)25-16(13)14-7-23-15-4-3-12(9-27(14)15)18(20,21)22/h3-4,6-7,9-11H,1-2,5,8H2. The molecule has 1 aliphatic heterocycles. The van der Waals surface area contributed by atoms with Crippen molar-refractivity contribution in [3.8, 4) is 11.4 Å². The van der Waals surface area contributed by atoms with E-state index >= 15 is 0 Å². The van der Waals surface area contributed by atoms with Gasteiger partial charge in [-0.25, -0.2) is 19.3 Å². The summed E-state index contributed by atoms with van der Waals surface area (Å²) < 4.78 is 54.7. The topological polar surface area (TPSA) is 63.4 Å². The van der Waals surface area contributed by atoms with Crippen LogP contribution < -0.4 is 4.90 Å². The molecular weight excluding hydrogens is 378 g/mol. The molecular formula is C18H15F4N5O. The summed E-state index contributed by atoms with van der Waals surface area (Å²) in [6.45, 7) is 1.03. The molecule has 0 N–H and O–H groups in total. The maximum Gasteiger partial charge on any atom is 0.417 e. The van der Waals surface area contributed by atoms with Gasteiger partial charge in [-0.3, -0.25) is 4.40 Å². The number of alkyl halides is 3. The van der Waals surface area contributed by atoms with Gasteiger partial charge in [0.15, 0.2) is 5.82 Å². The Labute approximate surface area is 156 Å². The van der Waals surface area contributed by atoms with Crippen molar-refractivity contribution >= 4 is 17.9 Å². The molecule has 0 aromatic carbocycles. The van der Waals surface area contributed by atoms with Crippen LogP contribution in [0, 0.1) is 11.7 Å². The van der Waals surface area contributed by atoms with Gasteiger partial charge in [-0.05, 0) is 25.0 Å². The molecule has 4 heterocycles. The lowest BCUT2D eigenvalue weighted by molar-refractivity contribution is -0.137. The van der Waals surface area contributed by atoms with Crippen LogP contribution in [0.5, 0.6) is 0 Å². The highest BCUT2D eigenvalue weighted by Crippen LogP contribution is 2.31. The summed E-state index contributed by atoms with van der Waals surface area (Å²) in [7, 11) is 0. The summed E-state index contributed by atoms with van der Waals surface area (Å²) in [4.78, 5) is 25.1. The normalized spacial score (nSPS) is 17.9. The Morgan fingerprint density at radius 1 is 1.18 bits per heavy atom. The zero-order valence-corrected chi connectivity index (χ0v) is 14.5. The molecule has 28 heavy (non-hydrogen) atoms. The van der Waals surface area contributed by atoms with Gasteiger partial charge in [0.05, 0.1) is 23.7 Å². The smallest absolute Gasteiger partial charge is 0.340 e. The second kappa shape index (κ2) is 6.84. The first kappa shape index (κ1) is 18.3. The molecule has 0 bridgehead atoms. The van der Waals surface area contributed by atoms with Crippen LogP contribution in [-0.4, -0.2) is 38.7 Å². The molecule has 0 amide bonds. The molecule has 6 nitrogen and oxygen atoms in total. The number of nitrogens with zero attached hydrogens (tertiary/aromatic N) is 5. The molecule has 10 heteroatoms. The maximum absolute atomic E-state index is 14.4. The van der Waals surface area contributed by atoms with E-state index in [0.29, 0.717) is 13.1 Å². The number of rotatable bonds is 3. The number of hydrogen-bond donors (Lipinski definition) is 0. The molecule has 1 saturated heterocycles. The Bertz CT molecular complexity index is 1030. The Balaban J connectivity index is 1.78. The zero-order valence-electron chi connectivity index (χ0n) is 14.5. The van der Waals surface area contributed by atoms with Crippen molar-refractivity contribution in [2.24, 2.45) is 5.92 Å². The molecule has 1 fully saturated rings. The minimum absolute atomic E-state index is 0.0891. The third-order valence-corrected chi connectivity index (χ3v) is 4.74. The first-order valence-corrected chi connectivity index (χ1v) is 8.64. The Hall–Kier alpha value is -3.04. The minimum atomic E-state index is -4.54. The average Bonchev–Trinajstić information content (AvgIpc) is 3.11. The summed E-state index contributed by atoms with van der Waals surface area (Å²) in [5, 5.41) is 0. The molecule has 4 rings (SSSR count). The quantitative estimate of drug-likeness (QED) is 0.504. The number of carbonyl (C=O) groups is 1. The number of imidazole rings is 1. The summed E-state index contributed by atoms with van der Waals surface area (Å²) in [6, 6.07) is 2.13. The number of piperidine rings is 1. The number of hydrogen-bond acceptors (Lipinski definition) is 5. The maximum atomic E-state index is 14.4. The van der Waals surface area contributed by atoms with Gasteiger partial charge in [0.1, 0.15) is 17.6 Å². The summed E-state index contributed by atoms with van der Waals surface area (Å²) in [6.07, 6.45) is 0.987. The predicted octanol–water partition coefficient (Wildman–Crippen LogP) is 3.36. The van der Waals surface area contributed by atoms with Crippen molar-refractivity contribution in [2.75, 3.05) is 18.0 Å². The second-order valence-corrected chi connectivity index (χ2v) is 6.64. The van der Waals surface area contributed by atoms with Gasteiger partial charge in [-0.15, -0.1) is 0 Å². The van der Waals surface area contributed by atoms with Crippen molar-refractivity contribution in [2.45, 2.75) is 19.0 Å². The molecule has 0 aliphatic carbocycles. The van der Waals surface area contributed by atoms with Crippen molar-refractivity contribution < 1.29 is 22.4 Å². The molecule has 3 aromatic heterocycles. The lowest BCUT2D eigenvalue weighted by Crippen LogP contribution is -2.37. The summed E-state index contributed by atoms with van der Waals surface area (Å²) in [5.74, 6) is -0.701. The van der Waals surface area contributed by atoms with E-state index < -0.39 is 17.6 Å². The molecule has 0 spiro atoms. The summed E-state index contributed by atoms with van der Waals surface area (Å²) in [5.41, 5.74) is -0.698. The third-order valence-electron chi connectivity index (χ3n) is 4.74. The monoisotopic (exact) mass is 393 g/mol. The Morgan fingerprint density at radius 2 is 2.00 bits per heavy atom. The molecule has 146 valence electrons. The van der Waals surface area contributed by atoms with Gasteiger partial charge < -0.3 is 9.69 Å².